The second kappa shape index (κ2) is 5.83. The zero-order chi connectivity index (χ0) is 15.7. The van der Waals surface area contributed by atoms with Crippen LogP contribution in [-0.2, 0) is 9.53 Å². The van der Waals surface area contributed by atoms with Crippen LogP contribution in [0.4, 0.5) is 4.79 Å². The topological polar surface area (TPSA) is 78.9 Å². The van der Waals surface area contributed by atoms with E-state index in [9.17, 15) is 14.7 Å². The van der Waals surface area contributed by atoms with E-state index in [0.717, 1.165) is 6.54 Å². The number of nitrogens with zero attached hydrogens (tertiary/aromatic N) is 1. The van der Waals surface area contributed by atoms with Crippen LogP contribution in [0.15, 0.2) is 0 Å². The summed E-state index contributed by atoms with van der Waals surface area (Å²) in [4.78, 5) is 25.7. The molecule has 0 aromatic heterocycles. The van der Waals surface area contributed by atoms with Gasteiger partial charge in [0.05, 0.1) is 0 Å². The number of amides is 1. The molecule has 1 atom stereocenters. The maximum Gasteiger partial charge on any atom is 0.408 e. The van der Waals surface area contributed by atoms with Gasteiger partial charge < -0.3 is 20.1 Å². The lowest BCUT2D eigenvalue weighted by molar-refractivity contribution is -0.144. The number of carboxylic acid groups (broad SMARTS) is 1. The van der Waals surface area contributed by atoms with Crippen molar-refractivity contribution in [3.8, 4) is 0 Å². The average molecular weight is 298 g/mol. The molecule has 120 valence electrons. The monoisotopic (exact) mass is 298 g/mol. The predicted molar refractivity (Wildman–Crippen MR) is 78.1 cm³/mol. The number of carbonyl (C=O) groups is 2. The Bertz CT molecular complexity index is 414. The van der Waals surface area contributed by atoms with E-state index in [1.54, 1.807) is 20.8 Å². The molecular weight excluding hydrogens is 272 g/mol. The molecule has 1 saturated heterocycles. The molecule has 2 fully saturated rings. The van der Waals surface area contributed by atoms with Crippen LogP contribution in [0.25, 0.3) is 0 Å². The molecule has 2 N–H and O–H groups in total. The van der Waals surface area contributed by atoms with Crippen LogP contribution in [0.3, 0.4) is 0 Å². The third kappa shape index (κ3) is 4.09. The maximum absolute atomic E-state index is 11.9. The van der Waals surface area contributed by atoms with Crippen molar-refractivity contribution in [2.45, 2.75) is 57.6 Å². The van der Waals surface area contributed by atoms with Gasteiger partial charge in [0.1, 0.15) is 5.60 Å². The lowest BCUT2D eigenvalue weighted by Gasteiger charge is -2.31. The molecule has 0 aromatic rings. The van der Waals surface area contributed by atoms with Gasteiger partial charge in [-0.3, -0.25) is 0 Å². The van der Waals surface area contributed by atoms with E-state index in [0.29, 0.717) is 25.4 Å². The van der Waals surface area contributed by atoms with Gasteiger partial charge in [0.25, 0.3) is 0 Å². The predicted octanol–water partition coefficient (Wildman–Crippen LogP) is 1.84. The van der Waals surface area contributed by atoms with Gasteiger partial charge in [-0.1, -0.05) is 6.42 Å². The van der Waals surface area contributed by atoms with Crippen LogP contribution in [0.5, 0.6) is 0 Å². The first-order valence-electron chi connectivity index (χ1n) is 7.67. The van der Waals surface area contributed by atoms with E-state index in [-0.39, 0.29) is 0 Å². The molecule has 0 radical (unpaired) electrons. The fraction of sp³-hybridized carbons (Fsp3) is 0.867. The van der Waals surface area contributed by atoms with E-state index >= 15 is 0 Å². The van der Waals surface area contributed by atoms with Crippen molar-refractivity contribution in [3.63, 3.8) is 0 Å². The third-order valence-corrected chi connectivity index (χ3v) is 4.24. The van der Waals surface area contributed by atoms with E-state index in [4.69, 9.17) is 4.74 Å². The van der Waals surface area contributed by atoms with Gasteiger partial charge in [0, 0.05) is 19.6 Å². The SMILES string of the molecule is CC(C)(C)OC(=O)NC1(C(=O)O)CCN(CC2CCC2)C1. The second-order valence-electron chi connectivity index (χ2n) is 7.30. The Labute approximate surface area is 125 Å². The molecule has 6 nitrogen and oxygen atoms in total. The Morgan fingerprint density at radius 1 is 1.38 bits per heavy atom. The number of likely N-dealkylation sites (tertiary alicyclic amines) is 1. The Balaban J connectivity index is 1.94. The van der Waals surface area contributed by atoms with Gasteiger partial charge in [-0.05, 0) is 46.0 Å². The van der Waals surface area contributed by atoms with E-state index in [2.05, 4.69) is 10.2 Å². The number of carboxylic acids is 1. The number of rotatable bonds is 4. The summed E-state index contributed by atoms with van der Waals surface area (Å²) in [6.45, 7) is 7.29. The molecule has 0 spiro atoms. The summed E-state index contributed by atoms with van der Waals surface area (Å²) in [6.07, 6.45) is 3.51. The van der Waals surface area contributed by atoms with Gasteiger partial charge in [-0.15, -0.1) is 0 Å². The molecule has 1 saturated carbocycles. The van der Waals surface area contributed by atoms with Gasteiger partial charge in [-0.2, -0.15) is 0 Å². The molecule has 1 amide bonds. The minimum Gasteiger partial charge on any atom is -0.479 e. The normalized spacial score (nSPS) is 27.2. The molecule has 1 heterocycles. The molecule has 1 aliphatic carbocycles. The highest BCUT2D eigenvalue weighted by molar-refractivity contribution is 5.85. The summed E-state index contributed by atoms with van der Waals surface area (Å²) in [7, 11) is 0. The molecular formula is C15H26N2O4. The minimum absolute atomic E-state index is 0.359. The number of aliphatic carboxylic acids is 1. The molecule has 0 bridgehead atoms. The van der Waals surface area contributed by atoms with Crippen LogP contribution in [-0.4, -0.2) is 52.8 Å². The van der Waals surface area contributed by atoms with Crippen LogP contribution in [0, 0.1) is 5.92 Å². The zero-order valence-electron chi connectivity index (χ0n) is 13.1. The van der Waals surface area contributed by atoms with Crippen LogP contribution < -0.4 is 5.32 Å². The highest BCUT2D eigenvalue weighted by atomic mass is 16.6. The van der Waals surface area contributed by atoms with Crippen molar-refractivity contribution in [1.29, 1.82) is 0 Å². The number of hydrogen-bond donors (Lipinski definition) is 2. The summed E-state index contributed by atoms with van der Waals surface area (Å²) < 4.78 is 5.19. The number of ether oxygens (including phenoxy) is 1. The lowest BCUT2D eigenvalue weighted by Crippen LogP contribution is -2.57. The fourth-order valence-corrected chi connectivity index (χ4v) is 2.91. The number of alkyl carbamates (subject to hydrolysis) is 1. The molecule has 6 heteroatoms. The van der Waals surface area contributed by atoms with Crippen molar-refractivity contribution in [2.24, 2.45) is 5.92 Å². The Morgan fingerprint density at radius 3 is 2.52 bits per heavy atom. The smallest absolute Gasteiger partial charge is 0.408 e. The van der Waals surface area contributed by atoms with Crippen LogP contribution in [0.2, 0.25) is 0 Å². The first kappa shape index (κ1) is 16.1. The van der Waals surface area contributed by atoms with Gasteiger partial charge >= 0.3 is 12.1 Å². The molecule has 21 heavy (non-hydrogen) atoms. The van der Waals surface area contributed by atoms with E-state index < -0.39 is 23.2 Å². The fourth-order valence-electron chi connectivity index (χ4n) is 2.91. The van der Waals surface area contributed by atoms with Crippen molar-refractivity contribution >= 4 is 12.1 Å². The Kier molecular flexibility index (Phi) is 4.46. The summed E-state index contributed by atoms with van der Waals surface area (Å²) in [5.41, 5.74) is -1.85. The molecule has 1 unspecified atom stereocenters. The molecule has 2 aliphatic rings. The van der Waals surface area contributed by atoms with Crippen LogP contribution >= 0.6 is 0 Å². The molecule has 2 rings (SSSR count). The van der Waals surface area contributed by atoms with Crippen molar-refractivity contribution in [2.75, 3.05) is 19.6 Å². The van der Waals surface area contributed by atoms with Crippen LogP contribution in [0.1, 0.15) is 46.5 Å². The van der Waals surface area contributed by atoms with Crippen molar-refractivity contribution in [1.82, 2.24) is 10.2 Å². The number of carbonyl (C=O) groups excluding carboxylic acids is 1. The van der Waals surface area contributed by atoms with E-state index in [1.807, 2.05) is 0 Å². The zero-order valence-corrected chi connectivity index (χ0v) is 13.1. The molecule has 0 aromatic carbocycles. The maximum atomic E-state index is 11.9. The summed E-state index contributed by atoms with van der Waals surface area (Å²) in [5, 5.41) is 12.1. The third-order valence-electron chi connectivity index (χ3n) is 4.24. The van der Waals surface area contributed by atoms with Gasteiger partial charge in [-0.25, -0.2) is 9.59 Å². The highest BCUT2D eigenvalue weighted by Crippen LogP contribution is 2.30. The largest absolute Gasteiger partial charge is 0.479 e. The number of hydrogen-bond acceptors (Lipinski definition) is 4. The summed E-state index contributed by atoms with van der Waals surface area (Å²) in [5.74, 6) is -0.291. The summed E-state index contributed by atoms with van der Waals surface area (Å²) >= 11 is 0. The Hall–Kier alpha value is -1.30. The van der Waals surface area contributed by atoms with Gasteiger partial charge in [0.15, 0.2) is 5.54 Å². The average Bonchev–Trinajstić information content (AvgIpc) is 2.65. The number of nitrogens with one attached hydrogen (secondary N) is 1. The van der Waals surface area contributed by atoms with Crippen molar-refractivity contribution in [3.05, 3.63) is 0 Å². The first-order chi connectivity index (χ1) is 9.70. The van der Waals surface area contributed by atoms with E-state index in [1.165, 1.54) is 19.3 Å². The Morgan fingerprint density at radius 2 is 2.05 bits per heavy atom. The minimum atomic E-state index is -1.22. The lowest BCUT2D eigenvalue weighted by atomic mass is 9.85. The quantitative estimate of drug-likeness (QED) is 0.828. The summed E-state index contributed by atoms with van der Waals surface area (Å²) in [6, 6.07) is 0. The second-order valence-corrected chi connectivity index (χ2v) is 7.30. The highest BCUT2D eigenvalue weighted by Gasteiger charge is 2.47. The standard InChI is InChI=1S/C15H26N2O4/c1-14(2,3)21-13(20)16-15(12(18)19)7-8-17(10-15)9-11-5-4-6-11/h11H,4-10H2,1-3H3,(H,16,20)(H,18,19). The molecule has 1 aliphatic heterocycles. The van der Waals surface area contributed by atoms with Crippen molar-refractivity contribution < 1.29 is 19.4 Å². The first-order valence-corrected chi connectivity index (χ1v) is 7.67. The van der Waals surface area contributed by atoms with Gasteiger partial charge in [0.2, 0.25) is 0 Å².